The maximum atomic E-state index is 14.8. The first kappa shape index (κ1) is 69.7. The number of nitrogens with one attached hydrogen (secondary N) is 3. The summed E-state index contributed by atoms with van der Waals surface area (Å²) in [5.74, 6) is -6.06. The molecule has 2 heterocycles. The predicted octanol–water partition coefficient (Wildman–Crippen LogP) is 6.95. The Balaban J connectivity index is 1.50. The number of anilines is 1. The molecule has 3 aromatic carbocycles. The molecular weight excluding hydrogens is 1110 g/mol. The molecule has 21 heteroatoms. The number of carbonyl (C=O) groups excluding carboxylic acids is 10. The monoisotopic (exact) mass is 1210 g/mol. The van der Waals surface area contributed by atoms with Crippen molar-refractivity contribution in [2.45, 2.75) is 162 Å². The number of benzene rings is 3. The average molecular weight is 1210 g/mol. The maximum absolute atomic E-state index is 14.8. The van der Waals surface area contributed by atoms with Gasteiger partial charge in [-0.1, -0.05) is 95.6 Å². The smallest absolute Gasteiger partial charge is 0.330 e. The van der Waals surface area contributed by atoms with Gasteiger partial charge in [-0.25, -0.2) is 9.59 Å². The molecule has 0 radical (unpaired) electrons. The van der Waals surface area contributed by atoms with Crippen molar-refractivity contribution in [2.24, 2.45) is 17.3 Å². The van der Waals surface area contributed by atoms with Gasteiger partial charge in [0, 0.05) is 65.3 Å². The van der Waals surface area contributed by atoms with E-state index in [2.05, 4.69) is 16.0 Å². The number of fused-ring (bicyclic) bond motifs is 3. The quantitative estimate of drug-likeness (QED) is 0.123. The molecule has 0 unspecified atom stereocenters. The number of ether oxygens (including phenoxy) is 4. The molecule has 7 amide bonds. The van der Waals surface area contributed by atoms with Crippen LogP contribution in [0.1, 0.15) is 135 Å². The summed E-state index contributed by atoms with van der Waals surface area (Å²) < 4.78 is 22.8. The number of Topliss-reactive ketones (excluding diaryl/α,β-unsaturated/α-hetero) is 1. The van der Waals surface area contributed by atoms with E-state index in [0.717, 1.165) is 11.1 Å². The molecule has 0 spiro atoms. The molecule has 474 valence electrons. The molecule has 2 aliphatic rings. The van der Waals surface area contributed by atoms with Crippen LogP contribution in [0.2, 0.25) is 0 Å². The highest BCUT2D eigenvalue weighted by Gasteiger charge is 2.43. The standard InChI is InChI=1S/C66H91N7O14/c1-13-22-48-62(80)70(8)35-19-18-28-57(76)86-41-66(6,7)59(77)64(82)73-36-20-17-27-50(73)65(83)87-52(31-29-45-30-32-53(84-11)54(39-45)85-12)46-25-21-26-47(40-46)67-55(74)33-34-56(75)71(9)51(37-42(2)3)60(78)69-49(38-44-23-15-14-16-24-44)63(81)72(10)58(43(4)5)61(79)68-48/h14-16,18,21,23-26,28,30,32,39-40,42-43,48-52,58H,13,17,19-20,22,27,29,31,33-38,41H2,1-12H3,(H,67,74)(H,68,79)(H,69,78)/t48-,49+,50-,51-,52+,58-/m0/s1. The van der Waals surface area contributed by atoms with Crippen LogP contribution in [0.15, 0.2) is 84.9 Å². The Labute approximate surface area is 512 Å². The maximum Gasteiger partial charge on any atom is 0.330 e. The van der Waals surface area contributed by atoms with Gasteiger partial charge in [-0.15, -0.1) is 0 Å². The molecule has 1 fully saturated rings. The number of esters is 2. The van der Waals surface area contributed by atoms with Crippen molar-refractivity contribution in [2.75, 3.05) is 60.4 Å². The number of aryl methyl sites for hydroxylation is 1. The number of hydrogen-bond acceptors (Lipinski definition) is 14. The van der Waals surface area contributed by atoms with Gasteiger partial charge < -0.3 is 54.5 Å². The third-order valence-corrected chi connectivity index (χ3v) is 15.8. The minimum Gasteiger partial charge on any atom is -0.493 e. The first-order valence-electron chi connectivity index (χ1n) is 30.2. The first-order chi connectivity index (χ1) is 41.3. The summed E-state index contributed by atoms with van der Waals surface area (Å²) in [4.78, 5) is 147. The largest absolute Gasteiger partial charge is 0.493 e. The molecule has 0 aromatic heterocycles. The van der Waals surface area contributed by atoms with E-state index in [1.807, 2.05) is 51.1 Å². The van der Waals surface area contributed by atoms with E-state index in [4.69, 9.17) is 18.9 Å². The van der Waals surface area contributed by atoms with Crippen LogP contribution in [-0.2, 0) is 70.3 Å². The van der Waals surface area contributed by atoms with Crippen LogP contribution in [0, 0.1) is 17.3 Å². The van der Waals surface area contributed by atoms with Crippen LogP contribution in [-0.4, -0.2) is 164 Å². The van der Waals surface area contributed by atoms with Gasteiger partial charge in [-0.3, -0.25) is 38.4 Å². The van der Waals surface area contributed by atoms with Crippen LogP contribution in [0.5, 0.6) is 11.5 Å². The number of rotatable bonds is 12. The average Bonchev–Trinajstić information content (AvgIpc) is 2.36. The van der Waals surface area contributed by atoms with Gasteiger partial charge in [0.05, 0.1) is 19.6 Å². The second-order valence-electron chi connectivity index (χ2n) is 24.0. The summed E-state index contributed by atoms with van der Waals surface area (Å²) in [7, 11) is 7.58. The Bertz CT molecular complexity index is 2930. The number of methoxy groups -OCH3 is 2. The zero-order valence-electron chi connectivity index (χ0n) is 52.8. The molecule has 6 atom stereocenters. The number of nitrogens with zero attached hydrogens (tertiary/aromatic N) is 4. The number of piperidine rings is 1. The fraction of sp³-hybridized carbons (Fsp3) is 0.545. The predicted molar refractivity (Wildman–Crippen MR) is 328 cm³/mol. The lowest BCUT2D eigenvalue weighted by molar-refractivity contribution is -0.165. The van der Waals surface area contributed by atoms with Crippen molar-refractivity contribution >= 4 is 64.8 Å². The molecule has 3 aromatic rings. The lowest BCUT2D eigenvalue weighted by Gasteiger charge is -2.36. The lowest BCUT2D eigenvalue weighted by Crippen LogP contribution is -2.60. The highest BCUT2D eigenvalue weighted by Crippen LogP contribution is 2.33. The summed E-state index contributed by atoms with van der Waals surface area (Å²) in [6, 6.07) is 15.8. The highest BCUT2D eigenvalue weighted by molar-refractivity contribution is 6.38. The van der Waals surface area contributed by atoms with Gasteiger partial charge in [0.2, 0.25) is 41.2 Å². The Kier molecular flexibility index (Phi) is 26.5. The van der Waals surface area contributed by atoms with E-state index in [1.165, 1.54) is 73.9 Å². The minimum absolute atomic E-state index is 0.0440. The summed E-state index contributed by atoms with van der Waals surface area (Å²) in [5, 5.41) is 8.69. The van der Waals surface area contributed by atoms with Crippen molar-refractivity contribution in [1.82, 2.24) is 30.2 Å². The zero-order chi connectivity index (χ0) is 64.1. The molecule has 21 nitrogen and oxygen atoms in total. The molecule has 1 saturated heterocycles. The second-order valence-corrected chi connectivity index (χ2v) is 24.0. The van der Waals surface area contributed by atoms with Gasteiger partial charge in [-0.2, -0.15) is 0 Å². The van der Waals surface area contributed by atoms with E-state index in [0.29, 0.717) is 48.4 Å². The van der Waals surface area contributed by atoms with E-state index in [1.54, 1.807) is 63.4 Å². The Hall–Kier alpha value is -8.10. The Morgan fingerprint density at radius 3 is 2.09 bits per heavy atom. The molecule has 2 bridgehead atoms. The van der Waals surface area contributed by atoms with E-state index in [-0.39, 0.29) is 70.4 Å². The van der Waals surface area contributed by atoms with Crippen LogP contribution in [0.25, 0.3) is 0 Å². The van der Waals surface area contributed by atoms with Gasteiger partial charge in [0.25, 0.3) is 5.91 Å². The molecule has 0 saturated carbocycles. The van der Waals surface area contributed by atoms with Crippen molar-refractivity contribution in [1.29, 1.82) is 0 Å². The van der Waals surface area contributed by atoms with Gasteiger partial charge in [0.1, 0.15) is 42.9 Å². The van der Waals surface area contributed by atoms with Crippen LogP contribution < -0.4 is 25.4 Å². The van der Waals surface area contributed by atoms with E-state index in [9.17, 15) is 47.9 Å². The van der Waals surface area contributed by atoms with E-state index >= 15 is 0 Å². The summed E-state index contributed by atoms with van der Waals surface area (Å²) in [6.07, 6.45) is 4.35. The molecule has 87 heavy (non-hydrogen) atoms. The Morgan fingerprint density at radius 1 is 0.724 bits per heavy atom. The third kappa shape index (κ3) is 20.0. The lowest BCUT2D eigenvalue weighted by atomic mass is 9.87. The van der Waals surface area contributed by atoms with Gasteiger partial charge in [0.15, 0.2) is 11.5 Å². The topological polar surface area (TPSA) is 257 Å². The van der Waals surface area contributed by atoms with E-state index < -0.39 is 113 Å². The normalized spacial score (nSPS) is 22.7. The highest BCUT2D eigenvalue weighted by atomic mass is 16.5. The summed E-state index contributed by atoms with van der Waals surface area (Å²) in [6.45, 7) is 11.9. The second kappa shape index (κ2) is 33.1. The summed E-state index contributed by atoms with van der Waals surface area (Å²) >= 11 is 0. The van der Waals surface area contributed by atoms with Crippen molar-refractivity contribution in [3.63, 3.8) is 0 Å². The van der Waals surface area contributed by atoms with Crippen LogP contribution >= 0.6 is 0 Å². The number of amides is 7. The minimum atomic E-state index is -1.50. The molecule has 0 aliphatic carbocycles. The molecule has 3 N–H and O–H groups in total. The van der Waals surface area contributed by atoms with Crippen LogP contribution in [0.4, 0.5) is 5.69 Å². The number of ketones is 1. The van der Waals surface area contributed by atoms with Crippen molar-refractivity contribution in [3.05, 3.63) is 102 Å². The summed E-state index contributed by atoms with van der Waals surface area (Å²) in [5.41, 5.74) is 0.889. The number of likely N-dealkylation sites (N-methyl/N-ethyl adjacent to an activating group) is 3. The number of hydrogen-bond donors (Lipinski definition) is 3. The fourth-order valence-corrected chi connectivity index (χ4v) is 10.8. The van der Waals surface area contributed by atoms with Crippen LogP contribution in [0.3, 0.4) is 0 Å². The van der Waals surface area contributed by atoms with Gasteiger partial charge in [-0.05, 0) is 118 Å². The van der Waals surface area contributed by atoms with Crippen molar-refractivity contribution < 1.29 is 66.9 Å². The first-order valence-corrected chi connectivity index (χ1v) is 30.2. The Morgan fingerprint density at radius 2 is 1.43 bits per heavy atom. The van der Waals surface area contributed by atoms with Crippen molar-refractivity contribution in [3.8, 4) is 11.5 Å². The number of cyclic esters (lactones) is 2. The fourth-order valence-electron chi connectivity index (χ4n) is 10.8. The molecule has 2 aliphatic heterocycles. The zero-order valence-corrected chi connectivity index (χ0v) is 52.8. The number of carbonyl (C=O) groups is 10. The SMILES string of the molecule is CCC[C@@H]1NC(=O)[C@H](C(C)C)N(C)C(=O)[C@@H](Cc2ccccc2)NC(=O)[C@H](CC(C)C)N(C)C(=O)CCC(=O)Nc2cccc(c2)[C@@H](CCc2ccc(OC)c(OC)c2)OC(=O)[C@@H]2CCCCN2C(=O)C(=O)C(C)(C)COC(=O)C=CCCN(C)C1=O. The molecular formula is C66H91N7O14. The van der Waals surface area contributed by atoms with Gasteiger partial charge >= 0.3 is 11.9 Å². The third-order valence-electron chi connectivity index (χ3n) is 15.8. The molecule has 5 rings (SSSR count).